The number of hydrogen-bond acceptors (Lipinski definition) is 3. The van der Waals surface area contributed by atoms with E-state index in [0.29, 0.717) is 6.42 Å². The molecule has 0 saturated carbocycles. The number of carbonyl (C=O) groups excluding carboxylic acids is 1. The van der Waals surface area contributed by atoms with Gasteiger partial charge in [0.1, 0.15) is 5.75 Å². The van der Waals surface area contributed by atoms with Gasteiger partial charge in [-0.2, -0.15) is 0 Å². The Morgan fingerprint density at radius 3 is 2.53 bits per heavy atom. The van der Waals surface area contributed by atoms with Gasteiger partial charge in [0.2, 0.25) is 5.91 Å². The van der Waals surface area contributed by atoms with Gasteiger partial charge in [-0.15, -0.1) is 0 Å². The van der Waals surface area contributed by atoms with E-state index < -0.39 is 0 Å². The van der Waals surface area contributed by atoms with Crippen LogP contribution in [-0.2, 0) is 4.79 Å². The quantitative estimate of drug-likeness (QED) is 0.756. The molecule has 1 rings (SSSR count). The number of methoxy groups -OCH3 is 1. The Balaban J connectivity index is 2.75. The van der Waals surface area contributed by atoms with Crippen molar-refractivity contribution in [2.75, 3.05) is 13.7 Å². The third kappa shape index (κ3) is 4.44. The van der Waals surface area contributed by atoms with Crippen LogP contribution in [0.2, 0.25) is 0 Å². The molecular formula is C13H20N2O2. The van der Waals surface area contributed by atoms with Gasteiger partial charge in [-0.05, 0) is 30.7 Å². The first-order valence-corrected chi connectivity index (χ1v) is 5.83. The fourth-order valence-corrected chi connectivity index (χ4v) is 1.66. The van der Waals surface area contributed by atoms with E-state index in [-0.39, 0.29) is 11.9 Å². The molecule has 0 aliphatic heterocycles. The summed E-state index contributed by atoms with van der Waals surface area (Å²) in [5.74, 6) is 0.511. The molecule has 0 aliphatic rings. The summed E-state index contributed by atoms with van der Waals surface area (Å²) in [6, 6.07) is 7.66. The minimum Gasteiger partial charge on any atom is -0.497 e. The van der Waals surface area contributed by atoms with Crippen LogP contribution in [0.1, 0.15) is 31.4 Å². The number of benzene rings is 1. The van der Waals surface area contributed by atoms with E-state index in [1.165, 1.54) is 0 Å². The fourth-order valence-electron chi connectivity index (χ4n) is 1.66. The lowest BCUT2D eigenvalue weighted by atomic mass is 10.0. The Morgan fingerprint density at radius 2 is 2.06 bits per heavy atom. The smallest absolute Gasteiger partial charge is 0.219 e. The van der Waals surface area contributed by atoms with Gasteiger partial charge in [-0.1, -0.05) is 19.1 Å². The lowest BCUT2D eigenvalue weighted by molar-refractivity contribution is -0.118. The predicted octanol–water partition coefficient (Wildman–Crippen LogP) is 1.61. The van der Waals surface area contributed by atoms with Crippen molar-refractivity contribution in [2.24, 2.45) is 5.73 Å². The molecule has 1 amide bonds. The fraction of sp³-hybridized carbons (Fsp3) is 0.462. The molecule has 0 aromatic heterocycles. The maximum atomic E-state index is 11.0. The second-order valence-electron chi connectivity index (χ2n) is 3.95. The number of rotatable bonds is 7. The van der Waals surface area contributed by atoms with Gasteiger partial charge in [0, 0.05) is 12.5 Å². The highest BCUT2D eigenvalue weighted by Crippen LogP contribution is 2.20. The molecule has 1 atom stereocenters. The zero-order valence-corrected chi connectivity index (χ0v) is 10.4. The first kappa shape index (κ1) is 13.5. The SMILES string of the molecule is CCCNC(CC(N)=O)c1ccc(OC)cc1. The van der Waals surface area contributed by atoms with E-state index >= 15 is 0 Å². The highest BCUT2D eigenvalue weighted by molar-refractivity contribution is 5.74. The van der Waals surface area contributed by atoms with Crippen LogP contribution in [0.4, 0.5) is 0 Å². The molecule has 1 aromatic rings. The predicted molar refractivity (Wildman–Crippen MR) is 67.8 cm³/mol. The Morgan fingerprint density at radius 1 is 1.41 bits per heavy atom. The number of primary amides is 1. The molecule has 1 unspecified atom stereocenters. The molecule has 0 fully saturated rings. The Kier molecular flexibility index (Phi) is 5.49. The van der Waals surface area contributed by atoms with Gasteiger partial charge in [-0.3, -0.25) is 4.79 Å². The summed E-state index contributed by atoms with van der Waals surface area (Å²) >= 11 is 0. The van der Waals surface area contributed by atoms with Crippen molar-refractivity contribution in [1.29, 1.82) is 0 Å². The lowest BCUT2D eigenvalue weighted by Crippen LogP contribution is -2.27. The zero-order valence-electron chi connectivity index (χ0n) is 10.4. The molecular weight excluding hydrogens is 216 g/mol. The monoisotopic (exact) mass is 236 g/mol. The Bertz CT molecular complexity index is 349. The van der Waals surface area contributed by atoms with E-state index in [9.17, 15) is 4.79 Å². The molecule has 0 heterocycles. The van der Waals surface area contributed by atoms with Crippen molar-refractivity contribution < 1.29 is 9.53 Å². The van der Waals surface area contributed by atoms with Crippen LogP contribution < -0.4 is 15.8 Å². The number of amides is 1. The van der Waals surface area contributed by atoms with Crippen LogP contribution >= 0.6 is 0 Å². The molecule has 94 valence electrons. The van der Waals surface area contributed by atoms with Crippen LogP contribution in [0.15, 0.2) is 24.3 Å². The average Bonchev–Trinajstić information content (AvgIpc) is 2.34. The van der Waals surface area contributed by atoms with E-state index in [1.54, 1.807) is 7.11 Å². The summed E-state index contributed by atoms with van der Waals surface area (Å²) in [5.41, 5.74) is 6.31. The van der Waals surface area contributed by atoms with Crippen molar-refractivity contribution in [2.45, 2.75) is 25.8 Å². The normalized spacial score (nSPS) is 12.1. The van der Waals surface area contributed by atoms with Crippen LogP contribution in [0.25, 0.3) is 0 Å². The second kappa shape index (κ2) is 6.91. The molecule has 1 aromatic carbocycles. The van der Waals surface area contributed by atoms with Gasteiger partial charge in [0.05, 0.1) is 7.11 Å². The number of nitrogens with one attached hydrogen (secondary N) is 1. The van der Waals surface area contributed by atoms with Crippen molar-refractivity contribution in [3.05, 3.63) is 29.8 Å². The number of carbonyl (C=O) groups is 1. The van der Waals surface area contributed by atoms with Crippen LogP contribution in [0.5, 0.6) is 5.75 Å². The molecule has 4 nitrogen and oxygen atoms in total. The van der Waals surface area contributed by atoms with E-state index in [0.717, 1.165) is 24.3 Å². The minimum atomic E-state index is -0.297. The van der Waals surface area contributed by atoms with E-state index in [4.69, 9.17) is 10.5 Å². The average molecular weight is 236 g/mol. The second-order valence-corrected chi connectivity index (χ2v) is 3.95. The van der Waals surface area contributed by atoms with Gasteiger partial charge >= 0.3 is 0 Å². The summed E-state index contributed by atoms with van der Waals surface area (Å²) < 4.78 is 5.10. The van der Waals surface area contributed by atoms with Crippen LogP contribution in [0.3, 0.4) is 0 Å². The molecule has 0 spiro atoms. The third-order valence-electron chi connectivity index (χ3n) is 2.56. The zero-order chi connectivity index (χ0) is 12.7. The molecule has 0 aliphatic carbocycles. The number of nitrogens with two attached hydrogens (primary N) is 1. The van der Waals surface area contributed by atoms with Crippen molar-refractivity contribution in [1.82, 2.24) is 5.32 Å². The highest BCUT2D eigenvalue weighted by atomic mass is 16.5. The maximum Gasteiger partial charge on any atom is 0.219 e. The Hall–Kier alpha value is -1.55. The van der Waals surface area contributed by atoms with Crippen molar-refractivity contribution in [3.63, 3.8) is 0 Å². The first-order valence-electron chi connectivity index (χ1n) is 5.83. The molecule has 17 heavy (non-hydrogen) atoms. The van der Waals surface area contributed by atoms with E-state index in [2.05, 4.69) is 12.2 Å². The minimum absolute atomic E-state index is 0.0154. The van der Waals surface area contributed by atoms with Crippen LogP contribution in [-0.4, -0.2) is 19.6 Å². The highest BCUT2D eigenvalue weighted by Gasteiger charge is 2.13. The Labute approximate surface area is 102 Å². The van der Waals surface area contributed by atoms with Crippen molar-refractivity contribution in [3.8, 4) is 5.75 Å². The first-order chi connectivity index (χ1) is 8.17. The standard InChI is InChI=1S/C13H20N2O2/c1-3-8-15-12(9-13(14)16)10-4-6-11(17-2)7-5-10/h4-7,12,15H,3,8-9H2,1-2H3,(H2,14,16). The van der Waals surface area contributed by atoms with Gasteiger partial charge in [0.25, 0.3) is 0 Å². The molecule has 0 bridgehead atoms. The van der Waals surface area contributed by atoms with E-state index in [1.807, 2.05) is 24.3 Å². The molecule has 0 saturated heterocycles. The number of hydrogen-bond donors (Lipinski definition) is 2. The van der Waals surface area contributed by atoms with Gasteiger partial charge in [-0.25, -0.2) is 0 Å². The third-order valence-corrected chi connectivity index (χ3v) is 2.56. The molecule has 3 N–H and O–H groups in total. The number of ether oxygens (including phenoxy) is 1. The van der Waals surface area contributed by atoms with Gasteiger partial charge in [0.15, 0.2) is 0 Å². The molecule has 0 radical (unpaired) electrons. The van der Waals surface area contributed by atoms with Crippen molar-refractivity contribution >= 4 is 5.91 Å². The summed E-state index contributed by atoms with van der Waals surface area (Å²) in [7, 11) is 1.63. The maximum absolute atomic E-state index is 11.0. The van der Waals surface area contributed by atoms with Gasteiger partial charge < -0.3 is 15.8 Å². The summed E-state index contributed by atoms with van der Waals surface area (Å²) in [6.07, 6.45) is 1.33. The summed E-state index contributed by atoms with van der Waals surface area (Å²) in [4.78, 5) is 11.0. The summed E-state index contributed by atoms with van der Waals surface area (Å²) in [5, 5.41) is 3.31. The van der Waals surface area contributed by atoms with Crippen LogP contribution in [0, 0.1) is 0 Å². The topological polar surface area (TPSA) is 64.3 Å². The lowest BCUT2D eigenvalue weighted by Gasteiger charge is -2.17. The largest absolute Gasteiger partial charge is 0.497 e. The molecule has 4 heteroatoms. The summed E-state index contributed by atoms with van der Waals surface area (Å²) in [6.45, 7) is 2.95.